The van der Waals surface area contributed by atoms with Gasteiger partial charge in [0.25, 0.3) is 5.91 Å². The summed E-state index contributed by atoms with van der Waals surface area (Å²) in [7, 11) is 0. The number of ether oxygens (including phenoxy) is 1. The van der Waals surface area contributed by atoms with Crippen molar-refractivity contribution in [1.29, 1.82) is 0 Å². The van der Waals surface area contributed by atoms with Crippen LogP contribution in [0.1, 0.15) is 70.4 Å². The summed E-state index contributed by atoms with van der Waals surface area (Å²) >= 11 is 8.32. The Balaban J connectivity index is 1.46. The minimum atomic E-state index is -0.566. The van der Waals surface area contributed by atoms with Crippen molar-refractivity contribution in [2.75, 3.05) is 13.1 Å². The Morgan fingerprint density at radius 3 is 2.53 bits per heavy atom. The van der Waals surface area contributed by atoms with Crippen LogP contribution in [0.15, 0.2) is 48.0 Å². The standard InChI is InChI=1S/C30H36ClN3O3S/c1-29(2,3)26-16-19(11-12-32-26)21-15-25(38-18-21)23-10-9-20(14-24(23)31)27(35)34-13-7-8-22(17-34)33-28(36)37-30(4,5)6/h9-12,14-16,18,22H,7-8,13,17H2,1-6H3,(H,33,36)/t22-/m1/s1. The second-order valence-electron chi connectivity index (χ2n) is 11.8. The van der Waals surface area contributed by atoms with Gasteiger partial charge in [0.05, 0.1) is 5.02 Å². The molecule has 0 unspecified atom stereocenters. The molecule has 0 radical (unpaired) electrons. The fraction of sp³-hybridized carbons (Fsp3) is 0.433. The Hall–Kier alpha value is -2.90. The number of carbonyl (C=O) groups excluding carboxylic acids is 2. The molecule has 3 aromatic rings. The molecule has 0 bridgehead atoms. The highest BCUT2D eigenvalue weighted by Crippen LogP contribution is 2.37. The minimum absolute atomic E-state index is 0.0271. The molecule has 38 heavy (non-hydrogen) atoms. The van der Waals surface area contributed by atoms with Gasteiger partial charge in [-0.1, -0.05) is 38.4 Å². The van der Waals surface area contributed by atoms with Crippen molar-refractivity contribution in [2.45, 2.75) is 71.4 Å². The quantitative estimate of drug-likeness (QED) is 0.362. The highest BCUT2D eigenvalue weighted by atomic mass is 35.5. The fourth-order valence-corrected chi connectivity index (χ4v) is 5.73. The smallest absolute Gasteiger partial charge is 0.407 e. The Bertz CT molecular complexity index is 1320. The van der Waals surface area contributed by atoms with Gasteiger partial charge < -0.3 is 15.0 Å². The molecule has 1 aliphatic heterocycles. The maximum atomic E-state index is 13.3. The number of piperidine rings is 1. The number of amides is 2. The molecule has 2 aromatic heterocycles. The lowest BCUT2D eigenvalue weighted by molar-refractivity contribution is 0.0452. The molecule has 0 saturated carbocycles. The highest BCUT2D eigenvalue weighted by Gasteiger charge is 2.27. The van der Waals surface area contributed by atoms with E-state index in [0.717, 1.165) is 40.1 Å². The molecule has 1 saturated heterocycles. The van der Waals surface area contributed by atoms with Crippen molar-refractivity contribution in [2.24, 2.45) is 0 Å². The van der Waals surface area contributed by atoms with Crippen LogP contribution in [-0.2, 0) is 10.2 Å². The van der Waals surface area contributed by atoms with Crippen LogP contribution in [0.5, 0.6) is 0 Å². The summed E-state index contributed by atoms with van der Waals surface area (Å²) in [6, 6.07) is 11.6. The lowest BCUT2D eigenvalue weighted by atomic mass is 9.90. The average Bonchev–Trinajstić information content (AvgIpc) is 3.32. The third-order valence-corrected chi connectivity index (χ3v) is 7.65. The molecule has 8 heteroatoms. The number of nitrogens with one attached hydrogen (secondary N) is 1. The zero-order valence-corrected chi connectivity index (χ0v) is 24.5. The maximum Gasteiger partial charge on any atom is 0.407 e. The van der Waals surface area contributed by atoms with E-state index >= 15 is 0 Å². The predicted octanol–water partition coefficient (Wildman–Crippen LogP) is 7.56. The lowest BCUT2D eigenvalue weighted by Crippen LogP contribution is -2.50. The van der Waals surface area contributed by atoms with E-state index in [4.69, 9.17) is 16.3 Å². The van der Waals surface area contributed by atoms with Gasteiger partial charge in [-0.05, 0) is 80.5 Å². The third kappa shape index (κ3) is 6.94. The van der Waals surface area contributed by atoms with Crippen LogP contribution in [0, 0.1) is 0 Å². The number of alkyl carbamates (subject to hydrolysis) is 1. The Labute approximate surface area is 234 Å². The van der Waals surface area contributed by atoms with E-state index in [1.54, 1.807) is 22.3 Å². The van der Waals surface area contributed by atoms with Crippen LogP contribution in [0.2, 0.25) is 5.02 Å². The summed E-state index contributed by atoms with van der Waals surface area (Å²) in [5.41, 5.74) is 4.13. The number of hydrogen-bond donors (Lipinski definition) is 1. The van der Waals surface area contributed by atoms with Gasteiger partial charge >= 0.3 is 6.09 Å². The van der Waals surface area contributed by atoms with Gasteiger partial charge in [-0.2, -0.15) is 0 Å². The number of nitrogens with zero attached hydrogens (tertiary/aromatic N) is 2. The summed E-state index contributed by atoms with van der Waals surface area (Å²) in [5.74, 6) is -0.0903. The Morgan fingerprint density at radius 1 is 1.08 bits per heavy atom. The van der Waals surface area contributed by atoms with Crippen molar-refractivity contribution in [3.05, 3.63) is 64.3 Å². The molecule has 4 rings (SSSR count). The number of aromatic nitrogens is 1. The lowest BCUT2D eigenvalue weighted by Gasteiger charge is -2.33. The van der Waals surface area contributed by atoms with Crippen LogP contribution in [0.25, 0.3) is 21.6 Å². The Morgan fingerprint density at radius 2 is 1.84 bits per heavy atom. The van der Waals surface area contributed by atoms with Crippen molar-refractivity contribution < 1.29 is 14.3 Å². The summed E-state index contributed by atoms with van der Waals surface area (Å²) < 4.78 is 5.37. The zero-order chi connectivity index (χ0) is 27.7. The normalized spacial score (nSPS) is 16.3. The average molecular weight is 554 g/mol. The number of likely N-dealkylation sites (tertiary alicyclic amines) is 1. The van der Waals surface area contributed by atoms with E-state index in [1.165, 1.54) is 0 Å². The molecule has 1 aromatic carbocycles. The summed E-state index contributed by atoms with van der Waals surface area (Å²) in [6.07, 6.45) is 3.01. The number of thiophene rings is 1. The van der Waals surface area contributed by atoms with Gasteiger partial charge in [0.2, 0.25) is 0 Å². The molecule has 1 aliphatic rings. The number of hydrogen-bond acceptors (Lipinski definition) is 5. The molecule has 0 spiro atoms. The first-order chi connectivity index (χ1) is 17.8. The molecule has 0 aliphatic carbocycles. The van der Waals surface area contributed by atoms with E-state index in [0.29, 0.717) is 23.7 Å². The van der Waals surface area contributed by atoms with Crippen molar-refractivity contribution in [1.82, 2.24) is 15.2 Å². The van der Waals surface area contributed by atoms with Crippen LogP contribution in [-0.4, -0.2) is 46.6 Å². The van der Waals surface area contributed by atoms with Gasteiger partial charge in [-0.15, -0.1) is 11.3 Å². The third-order valence-electron chi connectivity index (χ3n) is 6.37. The van der Waals surface area contributed by atoms with Gasteiger partial charge in [0, 0.05) is 52.4 Å². The maximum absolute atomic E-state index is 13.3. The van der Waals surface area contributed by atoms with E-state index < -0.39 is 11.7 Å². The largest absolute Gasteiger partial charge is 0.444 e. The van der Waals surface area contributed by atoms with E-state index in [-0.39, 0.29) is 17.4 Å². The second kappa shape index (κ2) is 11.1. The second-order valence-corrected chi connectivity index (χ2v) is 13.1. The summed E-state index contributed by atoms with van der Waals surface area (Å²) in [6.45, 7) is 13.0. The number of pyridine rings is 1. The topological polar surface area (TPSA) is 71.5 Å². The summed E-state index contributed by atoms with van der Waals surface area (Å²) in [4.78, 5) is 32.8. The van der Waals surface area contributed by atoms with Crippen LogP contribution in [0.4, 0.5) is 4.79 Å². The van der Waals surface area contributed by atoms with Gasteiger partial charge in [0.1, 0.15) is 5.60 Å². The predicted molar refractivity (Wildman–Crippen MR) is 155 cm³/mol. The van der Waals surface area contributed by atoms with Crippen LogP contribution in [0.3, 0.4) is 0 Å². The molecule has 202 valence electrons. The van der Waals surface area contributed by atoms with Crippen LogP contribution < -0.4 is 5.32 Å². The van der Waals surface area contributed by atoms with Gasteiger partial charge in [0.15, 0.2) is 0 Å². The van der Waals surface area contributed by atoms with Crippen LogP contribution >= 0.6 is 22.9 Å². The molecule has 3 heterocycles. The molecule has 1 fully saturated rings. The van der Waals surface area contributed by atoms with Gasteiger partial charge in [-0.25, -0.2) is 4.79 Å². The van der Waals surface area contributed by atoms with E-state index in [1.807, 2.05) is 45.2 Å². The monoisotopic (exact) mass is 553 g/mol. The molecule has 2 amide bonds. The number of benzene rings is 1. The Kier molecular flexibility index (Phi) is 8.19. The van der Waals surface area contributed by atoms with Crippen molar-refractivity contribution in [3.8, 4) is 21.6 Å². The first-order valence-electron chi connectivity index (χ1n) is 12.9. The zero-order valence-electron chi connectivity index (χ0n) is 22.9. The molecule has 1 N–H and O–H groups in total. The molecule has 1 atom stereocenters. The summed E-state index contributed by atoms with van der Waals surface area (Å²) in [5, 5.41) is 5.56. The number of rotatable bonds is 4. The molecular weight excluding hydrogens is 518 g/mol. The highest BCUT2D eigenvalue weighted by molar-refractivity contribution is 7.14. The SMILES string of the molecule is CC(C)(C)OC(=O)N[C@@H]1CCCN(C(=O)c2ccc(-c3cc(-c4ccnc(C(C)(C)C)c4)cs3)c(Cl)c2)C1. The van der Waals surface area contributed by atoms with Crippen molar-refractivity contribution in [3.63, 3.8) is 0 Å². The number of halogens is 1. The minimum Gasteiger partial charge on any atom is -0.444 e. The molecule has 6 nitrogen and oxygen atoms in total. The van der Waals surface area contributed by atoms with Crippen molar-refractivity contribution >= 4 is 34.9 Å². The first-order valence-corrected chi connectivity index (χ1v) is 14.2. The first kappa shape index (κ1) is 28.1. The van der Waals surface area contributed by atoms with E-state index in [2.05, 4.69) is 48.6 Å². The fourth-order valence-electron chi connectivity index (χ4n) is 4.43. The van der Waals surface area contributed by atoms with E-state index in [9.17, 15) is 9.59 Å². The van der Waals surface area contributed by atoms with Gasteiger partial charge in [-0.3, -0.25) is 9.78 Å². The number of carbonyl (C=O) groups is 2. The molecular formula is C30H36ClN3O3S.